The molecule has 2 nitrogen and oxygen atoms in total. The highest BCUT2D eigenvalue weighted by atomic mass is 79.9. The van der Waals surface area contributed by atoms with Crippen LogP contribution >= 0.6 is 15.9 Å². The Morgan fingerprint density at radius 3 is 2.47 bits per heavy atom. The quantitative estimate of drug-likeness (QED) is 0.846. The zero-order valence-corrected chi connectivity index (χ0v) is 12.4. The molecule has 0 saturated heterocycles. The van der Waals surface area contributed by atoms with Crippen LogP contribution in [-0.4, -0.2) is 5.91 Å². The van der Waals surface area contributed by atoms with Gasteiger partial charge in [0.2, 0.25) is 5.91 Å². The van der Waals surface area contributed by atoms with Crippen LogP contribution < -0.4 is 5.32 Å². The van der Waals surface area contributed by atoms with Gasteiger partial charge >= 0.3 is 0 Å². The lowest BCUT2D eigenvalue weighted by atomic mass is 10.1. The molecule has 0 aliphatic rings. The van der Waals surface area contributed by atoms with Crippen LogP contribution in [0.2, 0.25) is 0 Å². The van der Waals surface area contributed by atoms with Crippen molar-refractivity contribution in [3.63, 3.8) is 0 Å². The summed E-state index contributed by atoms with van der Waals surface area (Å²) < 4.78 is 0. The van der Waals surface area contributed by atoms with Gasteiger partial charge in [0.15, 0.2) is 0 Å². The van der Waals surface area contributed by atoms with Crippen LogP contribution in [0.4, 0.5) is 5.69 Å². The number of carbonyl (C=O) groups is 1. The van der Waals surface area contributed by atoms with E-state index in [0.717, 1.165) is 16.6 Å². The van der Waals surface area contributed by atoms with Gasteiger partial charge in [-0.1, -0.05) is 57.9 Å². The standard InChI is InChI=1S/C16H16BrNO/c1-12-3-2-4-14(9-12)10-16(19)18-15-7-5-13(11-17)6-8-15/h2-9H,10-11H2,1H3,(H,18,19). The fraction of sp³-hybridized carbons (Fsp3) is 0.188. The van der Waals surface area contributed by atoms with Crippen LogP contribution in [0.5, 0.6) is 0 Å². The molecular formula is C16H16BrNO. The maximum atomic E-state index is 11.9. The number of hydrogen-bond acceptors (Lipinski definition) is 1. The third-order valence-corrected chi connectivity index (χ3v) is 3.49. The Labute approximate surface area is 122 Å². The molecule has 0 unspecified atom stereocenters. The minimum absolute atomic E-state index is 0.0113. The van der Waals surface area contributed by atoms with Gasteiger partial charge in [0, 0.05) is 11.0 Å². The van der Waals surface area contributed by atoms with Gasteiger partial charge in [0.05, 0.1) is 6.42 Å². The van der Waals surface area contributed by atoms with Crippen LogP contribution in [0.1, 0.15) is 16.7 Å². The molecule has 0 heterocycles. The van der Waals surface area contributed by atoms with Crippen molar-refractivity contribution in [3.05, 3.63) is 65.2 Å². The van der Waals surface area contributed by atoms with Crippen LogP contribution in [0.3, 0.4) is 0 Å². The predicted octanol–water partition coefficient (Wildman–Crippen LogP) is 4.07. The van der Waals surface area contributed by atoms with Crippen LogP contribution in [0, 0.1) is 6.92 Å². The number of alkyl halides is 1. The van der Waals surface area contributed by atoms with E-state index in [0.29, 0.717) is 6.42 Å². The first-order chi connectivity index (χ1) is 9.17. The van der Waals surface area contributed by atoms with E-state index in [1.807, 2.05) is 55.5 Å². The monoisotopic (exact) mass is 317 g/mol. The topological polar surface area (TPSA) is 29.1 Å². The van der Waals surface area contributed by atoms with Gasteiger partial charge in [-0.15, -0.1) is 0 Å². The molecule has 0 radical (unpaired) electrons. The summed E-state index contributed by atoms with van der Waals surface area (Å²) in [4.78, 5) is 11.9. The van der Waals surface area contributed by atoms with Crippen molar-refractivity contribution in [2.45, 2.75) is 18.7 Å². The third kappa shape index (κ3) is 4.21. The molecule has 0 bridgehead atoms. The van der Waals surface area contributed by atoms with Crippen molar-refractivity contribution in [3.8, 4) is 0 Å². The normalized spacial score (nSPS) is 10.2. The summed E-state index contributed by atoms with van der Waals surface area (Å²) in [5.41, 5.74) is 4.24. The van der Waals surface area contributed by atoms with E-state index in [9.17, 15) is 4.79 Å². The molecule has 0 aromatic heterocycles. The number of carbonyl (C=O) groups excluding carboxylic acids is 1. The molecule has 0 fully saturated rings. The molecular weight excluding hydrogens is 302 g/mol. The number of amides is 1. The van der Waals surface area contributed by atoms with Crippen molar-refractivity contribution < 1.29 is 4.79 Å². The Balaban J connectivity index is 1.97. The largest absolute Gasteiger partial charge is 0.326 e. The summed E-state index contributed by atoms with van der Waals surface area (Å²) in [6.45, 7) is 2.03. The highest BCUT2D eigenvalue weighted by molar-refractivity contribution is 9.08. The van der Waals surface area contributed by atoms with Crippen molar-refractivity contribution in [2.75, 3.05) is 5.32 Å². The zero-order valence-electron chi connectivity index (χ0n) is 10.8. The van der Waals surface area contributed by atoms with E-state index in [1.54, 1.807) is 0 Å². The number of benzene rings is 2. The molecule has 2 aromatic carbocycles. The van der Waals surface area contributed by atoms with Crippen LogP contribution in [-0.2, 0) is 16.5 Å². The zero-order chi connectivity index (χ0) is 13.7. The minimum Gasteiger partial charge on any atom is -0.326 e. The van der Waals surface area contributed by atoms with Gasteiger partial charge < -0.3 is 5.32 Å². The van der Waals surface area contributed by atoms with Crippen LogP contribution in [0.25, 0.3) is 0 Å². The number of nitrogens with one attached hydrogen (secondary N) is 1. The first kappa shape index (κ1) is 13.8. The number of aryl methyl sites for hydroxylation is 1. The predicted molar refractivity (Wildman–Crippen MR) is 82.6 cm³/mol. The highest BCUT2D eigenvalue weighted by Gasteiger charge is 2.04. The Morgan fingerprint density at radius 2 is 1.84 bits per heavy atom. The second-order valence-electron chi connectivity index (χ2n) is 4.54. The molecule has 0 aliphatic carbocycles. The molecule has 2 rings (SSSR count). The first-order valence-corrected chi connectivity index (χ1v) is 7.30. The van der Waals surface area contributed by atoms with Gasteiger partial charge in [-0.2, -0.15) is 0 Å². The molecule has 19 heavy (non-hydrogen) atoms. The molecule has 1 N–H and O–H groups in total. The Hall–Kier alpha value is -1.61. The molecule has 0 atom stereocenters. The van der Waals surface area contributed by atoms with Crippen molar-refractivity contribution >= 4 is 27.5 Å². The first-order valence-electron chi connectivity index (χ1n) is 6.17. The Kier molecular flexibility index (Phi) is 4.74. The van der Waals surface area contributed by atoms with E-state index >= 15 is 0 Å². The molecule has 98 valence electrons. The lowest BCUT2D eigenvalue weighted by Gasteiger charge is -2.06. The number of anilines is 1. The number of rotatable bonds is 4. The van der Waals surface area contributed by atoms with E-state index in [2.05, 4.69) is 21.2 Å². The number of halogens is 1. The van der Waals surface area contributed by atoms with Gasteiger partial charge in [0.25, 0.3) is 0 Å². The van der Waals surface area contributed by atoms with Crippen molar-refractivity contribution in [1.29, 1.82) is 0 Å². The third-order valence-electron chi connectivity index (χ3n) is 2.84. The summed E-state index contributed by atoms with van der Waals surface area (Å²) in [6, 6.07) is 15.8. The summed E-state index contributed by atoms with van der Waals surface area (Å²) in [5, 5.41) is 3.73. The van der Waals surface area contributed by atoms with Crippen molar-refractivity contribution in [1.82, 2.24) is 0 Å². The smallest absolute Gasteiger partial charge is 0.228 e. The maximum absolute atomic E-state index is 11.9. The minimum atomic E-state index is 0.0113. The molecule has 0 aliphatic heterocycles. The van der Waals surface area contributed by atoms with Crippen molar-refractivity contribution in [2.24, 2.45) is 0 Å². The fourth-order valence-corrected chi connectivity index (χ4v) is 2.26. The second-order valence-corrected chi connectivity index (χ2v) is 5.11. The average Bonchev–Trinajstić information content (AvgIpc) is 2.39. The van der Waals surface area contributed by atoms with Gasteiger partial charge in [0.1, 0.15) is 0 Å². The summed E-state index contributed by atoms with van der Waals surface area (Å²) in [7, 11) is 0. The SMILES string of the molecule is Cc1cccc(CC(=O)Nc2ccc(CBr)cc2)c1. The van der Waals surface area contributed by atoms with Crippen LogP contribution in [0.15, 0.2) is 48.5 Å². The summed E-state index contributed by atoms with van der Waals surface area (Å²) >= 11 is 3.40. The molecule has 2 aromatic rings. The molecule has 3 heteroatoms. The Bertz CT molecular complexity index is 563. The average molecular weight is 318 g/mol. The number of hydrogen-bond donors (Lipinski definition) is 1. The molecule has 0 spiro atoms. The Morgan fingerprint density at radius 1 is 1.11 bits per heavy atom. The highest BCUT2D eigenvalue weighted by Crippen LogP contribution is 2.12. The molecule has 0 saturated carbocycles. The fourth-order valence-electron chi connectivity index (χ4n) is 1.89. The van der Waals surface area contributed by atoms with E-state index in [-0.39, 0.29) is 5.91 Å². The summed E-state index contributed by atoms with van der Waals surface area (Å²) in [5.74, 6) is 0.0113. The van der Waals surface area contributed by atoms with E-state index < -0.39 is 0 Å². The maximum Gasteiger partial charge on any atom is 0.228 e. The second kappa shape index (κ2) is 6.53. The lowest BCUT2D eigenvalue weighted by Crippen LogP contribution is -2.14. The summed E-state index contributed by atoms with van der Waals surface area (Å²) in [6.07, 6.45) is 0.405. The van der Waals surface area contributed by atoms with Gasteiger partial charge in [-0.25, -0.2) is 0 Å². The van der Waals surface area contributed by atoms with Gasteiger partial charge in [-0.3, -0.25) is 4.79 Å². The van der Waals surface area contributed by atoms with Gasteiger partial charge in [-0.05, 0) is 30.2 Å². The van der Waals surface area contributed by atoms with E-state index in [1.165, 1.54) is 11.1 Å². The molecule has 1 amide bonds. The lowest BCUT2D eigenvalue weighted by molar-refractivity contribution is -0.115. The van der Waals surface area contributed by atoms with E-state index in [4.69, 9.17) is 0 Å².